The first-order valence-corrected chi connectivity index (χ1v) is 9.54. The molecule has 3 rings (SSSR count). The van der Waals surface area contributed by atoms with Crippen molar-refractivity contribution in [2.24, 2.45) is 0 Å². The van der Waals surface area contributed by atoms with Crippen LogP contribution >= 0.6 is 11.8 Å². The van der Waals surface area contributed by atoms with E-state index in [4.69, 9.17) is 5.11 Å². The summed E-state index contributed by atoms with van der Waals surface area (Å²) in [7, 11) is 0. The normalized spacial score (nSPS) is 12.6. The first-order chi connectivity index (χ1) is 12.1. The van der Waals surface area contributed by atoms with Crippen LogP contribution in [0.15, 0.2) is 42.5 Å². The molecule has 0 fully saturated rings. The van der Waals surface area contributed by atoms with E-state index in [0.29, 0.717) is 12.2 Å². The van der Waals surface area contributed by atoms with E-state index < -0.39 is 5.97 Å². The molecule has 0 saturated carbocycles. The van der Waals surface area contributed by atoms with Crippen molar-refractivity contribution in [3.8, 4) is 0 Å². The lowest BCUT2D eigenvalue weighted by Crippen LogP contribution is -2.14. The van der Waals surface area contributed by atoms with Crippen molar-refractivity contribution in [2.45, 2.75) is 31.4 Å². The van der Waals surface area contributed by atoms with Gasteiger partial charge in [0, 0.05) is 11.4 Å². The number of thioether (sulfide) groups is 1. The number of carbonyl (C=O) groups is 2. The Morgan fingerprint density at radius 2 is 1.88 bits per heavy atom. The molecule has 0 aromatic heterocycles. The predicted molar refractivity (Wildman–Crippen MR) is 101 cm³/mol. The van der Waals surface area contributed by atoms with Crippen molar-refractivity contribution < 1.29 is 14.7 Å². The zero-order valence-corrected chi connectivity index (χ0v) is 14.8. The number of anilines is 1. The van der Waals surface area contributed by atoms with Gasteiger partial charge in [0.25, 0.3) is 0 Å². The Balaban J connectivity index is 1.56. The van der Waals surface area contributed by atoms with Crippen LogP contribution in [0.1, 0.15) is 28.7 Å². The van der Waals surface area contributed by atoms with Crippen molar-refractivity contribution in [1.29, 1.82) is 0 Å². The second kappa shape index (κ2) is 8.21. The Bertz CT molecular complexity index is 788. The minimum absolute atomic E-state index is 0.0340. The van der Waals surface area contributed by atoms with Crippen LogP contribution < -0.4 is 5.32 Å². The maximum absolute atomic E-state index is 12.3. The largest absolute Gasteiger partial charge is 0.481 e. The van der Waals surface area contributed by atoms with Crippen molar-refractivity contribution >= 4 is 29.3 Å². The predicted octanol–water partition coefficient (Wildman–Crippen LogP) is 3.67. The summed E-state index contributed by atoms with van der Waals surface area (Å²) in [6.45, 7) is 0. The fraction of sp³-hybridized carbons (Fsp3) is 0.300. The van der Waals surface area contributed by atoms with Gasteiger partial charge in [-0.15, -0.1) is 11.8 Å². The van der Waals surface area contributed by atoms with E-state index in [0.717, 1.165) is 29.7 Å². The SMILES string of the molecule is O=C(O)CSCc1cccc(NC(=O)Cc2ccc3c(c2)CCC3)c1. The summed E-state index contributed by atoms with van der Waals surface area (Å²) in [5.74, 6) is -0.160. The number of hydrogen-bond acceptors (Lipinski definition) is 3. The smallest absolute Gasteiger partial charge is 0.313 e. The third-order valence-corrected chi connectivity index (χ3v) is 5.22. The lowest BCUT2D eigenvalue weighted by atomic mass is 10.0. The Kier molecular flexibility index (Phi) is 5.76. The van der Waals surface area contributed by atoms with Gasteiger partial charge in [0.15, 0.2) is 0 Å². The summed E-state index contributed by atoms with van der Waals surface area (Å²) in [5, 5.41) is 11.6. The molecule has 1 amide bonds. The van der Waals surface area contributed by atoms with E-state index in [1.54, 1.807) is 0 Å². The highest BCUT2D eigenvalue weighted by molar-refractivity contribution is 7.99. The number of aryl methyl sites for hydroxylation is 2. The first kappa shape index (κ1) is 17.5. The second-order valence-electron chi connectivity index (χ2n) is 6.27. The number of carbonyl (C=O) groups excluding carboxylic acids is 1. The van der Waals surface area contributed by atoms with Crippen LogP contribution in [-0.2, 0) is 34.6 Å². The van der Waals surface area contributed by atoms with Gasteiger partial charge in [-0.3, -0.25) is 9.59 Å². The zero-order chi connectivity index (χ0) is 17.6. The monoisotopic (exact) mass is 355 g/mol. The third kappa shape index (κ3) is 5.10. The molecule has 0 saturated heterocycles. The minimum atomic E-state index is -0.816. The highest BCUT2D eigenvalue weighted by Gasteiger charge is 2.12. The molecule has 1 aliphatic carbocycles. The fourth-order valence-corrected chi connectivity index (χ4v) is 3.81. The number of nitrogens with one attached hydrogen (secondary N) is 1. The van der Waals surface area contributed by atoms with Crippen molar-refractivity contribution in [1.82, 2.24) is 0 Å². The summed E-state index contributed by atoms with van der Waals surface area (Å²) < 4.78 is 0. The standard InChI is InChI=1S/C20H21NO3S/c22-19(11-14-7-8-16-4-2-5-17(16)9-14)21-18-6-1-3-15(10-18)12-25-13-20(23)24/h1,3,6-10H,2,4-5,11-13H2,(H,21,22)(H,23,24). The maximum Gasteiger partial charge on any atom is 0.313 e. The number of aliphatic carboxylic acids is 1. The minimum Gasteiger partial charge on any atom is -0.481 e. The van der Waals surface area contributed by atoms with Crippen molar-refractivity contribution in [3.63, 3.8) is 0 Å². The summed E-state index contributed by atoms with van der Waals surface area (Å²) >= 11 is 1.34. The van der Waals surface area contributed by atoms with Crippen LogP contribution in [0.4, 0.5) is 5.69 Å². The van der Waals surface area contributed by atoms with Gasteiger partial charge in [0.1, 0.15) is 0 Å². The molecule has 0 radical (unpaired) electrons. The maximum atomic E-state index is 12.3. The van der Waals surface area contributed by atoms with Gasteiger partial charge in [-0.2, -0.15) is 0 Å². The molecule has 0 heterocycles. The molecule has 25 heavy (non-hydrogen) atoms. The van der Waals surface area contributed by atoms with Crippen LogP contribution in [0.3, 0.4) is 0 Å². The second-order valence-corrected chi connectivity index (χ2v) is 7.25. The van der Waals surface area contributed by atoms with Crippen LogP contribution in [0.25, 0.3) is 0 Å². The number of rotatable bonds is 7. The molecule has 2 aromatic rings. The third-order valence-electron chi connectivity index (χ3n) is 4.23. The fourth-order valence-electron chi connectivity index (χ4n) is 3.12. The highest BCUT2D eigenvalue weighted by atomic mass is 32.2. The van der Waals surface area contributed by atoms with Gasteiger partial charge in [0.05, 0.1) is 12.2 Å². The molecule has 0 aliphatic heterocycles. The van der Waals surface area contributed by atoms with Gasteiger partial charge in [-0.1, -0.05) is 30.3 Å². The average molecular weight is 355 g/mol. The van der Waals surface area contributed by atoms with Gasteiger partial charge < -0.3 is 10.4 Å². The van der Waals surface area contributed by atoms with Gasteiger partial charge >= 0.3 is 5.97 Å². The van der Waals surface area contributed by atoms with Crippen molar-refractivity contribution in [3.05, 3.63) is 64.7 Å². The zero-order valence-electron chi connectivity index (χ0n) is 14.0. The van der Waals surface area contributed by atoms with E-state index in [2.05, 4.69) is 17.4 Å². The van der Waals surface area contributed by atoms with E-state index in [1.165, 1.54) is 29.3 Å². The first-order valence-electron chi connectivity index (χ1n) is 8.39. The van der Waals surface area contributed by atoms with Gasteiger partial charge in [-0.05, 0) is 53.6 Å². The number of carboxylic acids is 1. The molecular weight excluding hydrogens is 334 g/mol. The van der Waals surface area contributed by atoms with Gasteiger partial charge in [-0.25, -0.2) is 0 Å². The van der Waals surface area contributed by atoms with Gasteiger partial charge in [0.2, 0.25) is 5.91 Å². The van der Waals surface area contributed by atoms with E-state index in [-0.39, 0.29) is 11.7 Å². The molecule has 5 heteroatoms. The van der Waals surface area contributed by atoms with E-state index in [1.807, 2.05) is 30.3 Å². The quantitative estimate of drug-likeness (QED) is 0.795. The number of hydrogen-bond donors (Lipinski definition) is 2. The molecule has 0 unspecified atom stereocenters. The van der Waals surface area contributed by atoms with Crippen LogP contribution in [0, 0.1) is 0 Å². The molecule has 4 nitrogen and oxygen atoms in total. The van der Waals surface area contributed by atoms with Crippen molar-refractivity contribution in [2.75, 3.05) is 11.1 Å². The molecule has 0 atom stereocenters. The van der Waals surface area contributed by atoms with Crippen LogP contribution in [-0.4, -0.2) is 22.7 Å². The topological polar surface area (TPSA) is 66.4 Å². The van der Waals surface area contributed by atoms with E-state index in [9.17, 15) is 9.59 Å². The van der Waals surface area contributed by atoms with E-state index >= 15 is 0 Å². The summed E-state index contributed by atoms with van der Waals surface area (Å²) in [4.78, 5) is 22.9. The molecule has 130 valence electrons. The summed E-state index contributed by atoms with van der Waals surface area (Å²) in [5.41, 5.74) is 5.59. The van der Waals surface area contributed by atoms with Crippen LogP contribution in [0.5, 0.6) is 0 Å². The number of carboxylic acid groups (broad SMARTS) is 1. The Labute approximate surface area is 151 Å². The van der Waals surface area contributed by atoms with Crippen LogP contribution in [0.2, 0.25) is 0 Å². The molecule has 0 bridgehead atoms. The Morgan fingerprint density at radius 1 is 1.04 bits per heavy atom. The molecular formula is C20H21NO3S. The molecule has 1 aliphatic rings. The summed E-state index contributed by atoms with van der Waals surface area (Å²) in [6, 6.07) is 13.9. The Hall–Kier alpha value is -2.27. The average Bonchev–Trinajstić information content (AvgIpc) is 3.02. The molecule has 2 aromatic carbocycles. The lowest BCUT2D eigenvalue weighted by Gasteiger charge is -2.08. The highest BCUT2D eigenvalue weighted by Crippen LogP contribution is 2.23. The molecule has 0 spiro atoms. The summed E-state index contributed by atoms with van der Waals surface area (Å²) in [6.07, 6.45) is 3.83. The number of fused-ring (bicyclic) bond motifs is 1. The lowest BCUT2D eigenvalue weighted by molar-refractivity contribution is -0.133. The molecule has 2 N–H and O–H groups in total. The number of benzene rings is 2. The Morgan fingerprint density at radius 3 is 2.72 bits per heavy atom. The number of amides is 1.